The summed E-state index contributed by atoms with van der Waals surface area (Å²) >= 11 is 5.99. The quantitative estimate of drug-likeness (QED) is 0.831. The minimum absolute atomic E-state index is 0.0322. The average molecular weight is 389 g/mol. The number of fused-ring (bicyclic) bond motifs is 1. The van der Waals surface area contributed by atoms with Crippen LogP contribution in [0.2, 0.25) is 5.02 Å². The van der Waals surface area contributed by atoms with Crippen molar-refractivity contribution in [3.8, 4) is 0 Å². The number of aromatic nitrogens is 2. The molecule has 1 aliphatic rings. The highest BCUT2D eigenvalue weighted by Crippen LogP contribution is 2.37. The number of sulfonamides is 1. The maximum Gasteiger partial charge on any atom is 0.243 e. The maximum atomic E-state index is 12.9. The lowest BCUT2D eigenvalue weighted by atomic mass is 9.79. The van der Waals surface area contributed by atoms with Crippen molar-refractivity contribution < 1.29 is 18.3 Å². The molecule has 0 unspecified atom stereocenters. The standard InChI is InChI=1S/C15H21ClN4O4S/c1-14(2)7-9(8-15(3,4)20(14)21)19-25(22,23)11-6-5-10(16)12-13(11)18-24-17-12/h5-6,9,19,21H,7-8H2,1-4H3. The lowest BCUT2D eigenvalue weighted by molar-refractivity contribution is -0.245. The third-order valence-corrected chi connectivity index (χ3v) is 6.44. The molecular formula is C15H21ClN4O4S. The lowest BCUT2D eigenvalue weighted by Crippen LogP contribution is -2.62. The first-order valence-corrected chi connectivity index (χ1v) is 9.72. The van der Waals surface area contributed by atoms with Crippen molar-refractivity contribution in [3.05, 3.63) is 17.2 Å². The normalized spacial score (nSPS) is 21.7. The van der Waals surface area contributed by atoms with E-state index in [1.165, 1.54) is 17.2 Å². The highest BCUT2D eigenvalue weighted by atomic mass is 35.5. The fraction of sp³-hybridized carbons (Fsp3) is 0.600. The number of hydroxylamine groups is 2. The summed E-state index contributed by atoms with van der Waals surface area (Å²) in [5.41, 5.74) is -0.840. The number of hydrogen-bond donors (Lipinski definition) is 2. The molecule has 10 heteroatoms. The predicted molar refractivity (Wildman–Crippen MR) is 91.9 cm³/mol. The number of nitrogens with zero attached hydrogens (tertiary/aromatic N) is 3. The third kappa shape index (κ3) is 3.26. The second-order valence-corrected chi connectivity index (χ2v) is 9.76. The molecule has 1 fully saturated rings. The van der Waals surface area contributed by atoms with Crippen molar-refractivity contribution >= 4 is 32.7 Å². The van der Waals surface area contributed by atoms with Gasteiger partial charge >= 0.3 is 0 Å². The van der Waals surface area contributed by atoms with E-state index in [1.54, 1.807) is 0 Å². The van der Waals surface area contributed by atoms with Crippen molar-refractivity contribution in [2.24, 2.45) is 0 Å². The van der Waals surface area contributed by atoms with Crippen LogP contribution in [0, 0.1) is 0 Å². The summed E-state index contributed by atoms with van der Waals surface area (Å²) in [5, 5.41) is 19.2. The van der Waals surface area contributed by atoms with Gasteiger partial charge in [-0.1, -0.05) is 11.6 Å². The zero-order valence-corrected chi connectivity index (χ0v) is 16.0. The molecule has 1 aromatic heterocycles. The van der Waals surface area contributed by atoms with E-state index in [0.29, 0.717) is 12.8 Å². The number of halogens is 1. The van der Waals surface area contributed by atoms with Crippen LogP contribution in [0.15, 0.2) is 21.7 Å². The van der Waals surface area contributed by atoms with E-state index in [4.69, 9.17) is 11.6 Å². The van der Waals surface area contributed by atoms with Crippen molar-refractivity contribution in [1.29, 1.82) is 0 Å². The van der Waals surface area contributed by atoms with E-state index in [9.17, 15) is 13.6 Å². The molecule has 25 heavy (non-hydrogen) atoms. The fourth-order valence-electron chi connectivity index (χ4n) is 3.67. The Labute approximate surface area is 151 Å². The van der Waals surface area contributed by atoms with Crippen LogP contribution >= 0.6 is 11.6 Å². The first kappa shape index (κ1) is 18.5. The molecule has 8 nitrogen and oxygen atoms in total. The molecule has 0 radical (unpaired) electrons. The van der Waals surface area contributed by atoms with Crippen LogP contribution in [-0.4, -0.2) is 46.1 Å². The van der Waals surface area contributed by atoms with E-state index in [0.717, 1.165) is 0 Å². The Morgan fingerprint density at radius 2 is 1.76 bits per heavy atom. The number of benzene rings is 1. The molecule has 0 amide bonds. The van der Waals surface area contributed by atoms with Gasteiger partial charge in [0.25, 0.3) is 0 Å². The molecule has 1 saturated heterocycles. The summed E-state index contributed by atoms with van der Waals surface area (Å²) in [6.45, 7) is 7.49. The Morgan fingerprint density at radius 1 is 1.20 bits per heavy atom. The molecule has 0 aliphatic carbocycles. The summed E-state index contributed by atoms with van der Waals surface area (Å²) in [5.74, 6) is 0. The van der Waals surface area contributed by atoms with Crippen LogP contribution in [-0.2, 0) is 10.0 Å². The predicted octanol–water partition coefficient (Wildman–Crippen LogP) is 2.57. The van der Waals surface area contributed by atoms with Gasteiger partial charge in [0.1, 0.15) is 4.90 Å². The van der Waals surface area contributed by atoms with Crippen molar-refractivity contribution in [3.63, 3.8) is 0 Å². The van der Waals surface area contributed by atoms with E-state index in [1.807, 2.05) is 27.7 Å². The van der Waals surface area contributed by atoms with Crippen LogP contribution in [0.5, 0.6) is 0 Å². The highest BCUT2D eigenvalue weighted by Gasteiger charge is 2.46. The van der Waals surface area contributed by atoms with E-state index < -0.39 is 21.1 Å². The molecule has 0 atom stereocenters. The summed E-state index contributed by atoms with van der Waals surface area (Å²) < 4.78 is 33.1. The lowest BCUT2D eigenvalue weighted by Gasteiger charge is -2.51. The van der Waals surface area contributed by atoms with Crippen LogP contribution in [0.4, 0.5) is 0 Å². The Bertz CT molecular complexity index is 891. The molecule has 2 heterocycles. The highest BCUT2D eigenvalue weighted by molar-refractivity contribution is 7.89. The molecule has 0 spiro atoms. The number of piperidine rings is 1. The number of hydrogen-bond acceptors (Lipinski definition) is 7. The van der Waals surface area contributed by atoms with E-state index in [-0.39, 0.29) is 27.0 Å². The van der Waals surface area contributed by atoms with Gasteiger partial charge in [-0.05, 0) is 63.0 Å². The van der Waals surface area contributed by atoms with Gasteiger partial charge in [-0.3, -0.25) is 0 Å². The van der Waals surface area contributed by atoms with Crippen molar-refractivity contribution in [2.75, 3.05) is 0 Å². The molecule has 3 rings (SSSR count). The van der Waals surface area contributed by atoms with Gasteiger partial charge in [-0.25, -0.2) is 17.8 Å². The van der Waals surface area contributed by atoms with Crippen LogP contribution in [0.1, 0.15) is 40.5 Å². The molecule has 1 aromatic carbocycles. The Morgan fingerprint density at radius 3 is 2.36 bits per heavy atom. The van der Waals surface area contributed by atoms with Gasteiger partial charge in [-0.15, -0.1) is 0 Å². The largest absolute Gasteiger partial charge is 0.313 e. The van der Waals surface area contributed by atoms with Gasteiger partial charge in [0.15, 0.2) is 11.0 Å². The monoisotopic (exact) mass is 388 g/mol. The van der Waals surface area contributed by atoms with Crippen molar-refractivity contribution in [2.45, 2.75) is 62.6 Å². The number of rotatable bonds is 3. The first-order valence-electron chi connectivity index (χ1n) is 7.86. The first-order chi connectivity index (χ1) is 11.4. The molecule has 0 saturated carbocycles. The smallest absolute Gasteiger partial charge is 0.243 e. The van der Waals surface area contributed by atoms with Gasteiger partial charge in [0.2, 0.25) is 10.0 Å². The summed E-state index contributed by atoms with van der Waals surface area (Å²) in [7, 11) is -3.86. The zero-order valence-electron chi connectivity index (χ0n) is 14.4. The van der Waals surface area contributed by atoms with E-state index in [2.05, 4.69) is 19.7 Å². The maximum absolute atomic E-state index is 12.9. The zero-order chi connectivity index (χ0) is 18.6. The molecule has 2 aromatic rings. The second kappa shape index (κ2) is 5.88. The molecule has 0 bridgehead atoms. The SMILES string of the molecule is CC1(C)CC(NS(=O)(=O)c2ccc(Cl)c3nonc23)CC(C)(C)N1O. The van der Waals surface area contributed by atoms with Crippen LogP contribution < -0.4 is 4.72 Å². The van der Waals surface area contributed by atoms with Crippen LogP contribution in [0.25, 0.3) is 11.0 Å². The topological polar surface area (TPSA) is 109 Å². The summed E-state index contributed by atoms with van der Waals surface area (Å²) in [6, 6.07) is 2.49. The Kier molecular flexibility index (Phi) is 4.36. The van der Waals surface area contributed by atoms with Gasteiger partial charge in [0.05, 0.1) is 5.02 Å². The van der Waals surface area contributed by atoms with Gasteiger partial charge < -0.3 is 5.21 Å². The van der Waals surface area contributed by atoms with Gasteiger partial charge in [0, 0.05) is 17.1 Å². The van der Waals surface area contributed by atoms with E-state index >= 15 is 0 Å². The number of nitrogens with one attached hydrogen (secondary N) is 1. The average Bonchev–Trinajstić information content (AvgIpc) is 2.93. The minimum Gasteiger partial charge on any atom is -0.313 e. The van der Waals surface area contributed by atoms with Crippen molar-refractivity contribution in [1.82, 2.24) is 20.1 Å². The summed E-state index contributed by atoms with van der Waals surface area (Å²) in [6.07, 6.45) is 0.917. The minimum atomic E-state index is -3.86. The summed E-state index contributed by atoms with van der Waals surface area (Å²) in [4.78, 5) is -0.0322. The molecule has 2 N–H and O–H groups in total. The second-order valence-electron chi connectivity index (χ2n) is 7.67. The Balaban J connectivity index is 1.94. The van der Waals surface area contributed by atoms with Crippen LogP contribution in [0.3, 0.4) is 0 Å². The fourth-order valence-corrected chi connectivity index (χ4v) is 5.22. The molecule has 138 valence electrons. The molecule has 1 aliphatic heterocycles. The molecular weight excluding hydrogens is 368 g/mol. The van der Waals surface area contributed by atoms with Gasteiger partial charge in [-0.2, -0.15) is 5.06 Å². The Hall–Kier alpha value is -1.26. The third-order valence-electron chi connectivity index (χ3n) is 4.58.